The third-order valence-corrected chi connectivity index (χ3v) is 6.34. The third-order valence-electron chi connectivity index (χ3n) is 5.24. The summed E-state index contributed by atoms with van der Waals surface area (Å²) in [5.74, 6) is 0.970. The summed E-state index contributed by atoms with van der Waals surface area (Å²) in [4.78, 5) is 8.77. The van der Waals surface area contributed by atoms with E-state index in [1.807, 2.05) is 10.7 Å². The predicted octanol–water partition coefficient (Wildman–Crippen LogP) is 0.785. The number of thiazole rings is 1. The topological polar surface area (TPSA) is 73.4 Å². The Morgan fingerprint density at radius 3 is 2.81 bits per heavy atom. The van der Waals surface area contributed by atoms with Crippen molar-refractivity contribution in [2.45, 2.75) is 25.9 Å². The molecular weight excluding hydrogens is 362 g/mol. The second-order valence-corrected chi connectivity index (χ2v) is 7.83. The molecule has 4 rings (SSSR count). The Hall–Kier alpha value is -2.10. The summed E-state index contributed by atoms with van der Waals surface area (Å²) in [6.45, 7) is 7.66. The maximum Gasteiger partial charge on any atom is 0.209 e. The molecule has 2 aromatic heterocycles. The number of ether oxygens (including phenoxy) is 1. The monoisotopic (exact) mass is 388 g/mol. The van der Waals surface area contributed by atoms with Gasteiger partial charge in [-0.2, -0.15) is 0 Å². The van der Waals surface area contributed by atoms with Crippen LogP contribution in [0.2, 0.25) is 0 Å². The van der Waals surface area contributed by atoms with Crippen LogP contribution in [0.3, 0.4) is 0 Å². The van der Waals surface area contributed by atoms with Crippen molar-refractivity contribution >= 4 is 26.7 Å². The van der Waals surface area contributed by atoms with E-state index in [9.17, 15) is 0 Å². The van der Waals surface area contributed by atoms with Crippen LogP contribution in [-0.2, 0) is 11.3 Å². The summed E-state index contributed by atoms with van der Waals surface area (Å²) in [7, 11) is 1.70. The summed E-state index contributed by atoms with van der Waals surface area (Å²) < 4.78 is 8.33. The van der Waals surface area contributed by atoms with Crippen molar-refractivity contribution in [2.24, 2.45) is 0 Å². The first-order valence-corrected chi connectivity index (χ1v) is 10.3. The fourth-order valence-corrected chi connectivity index (χ4v) is 4.80. The normalized spacial score (nSPS) is 16.9. The van der Waals surface area contributed by atoms with Crippen LogP contribution in [0.25, 0.3) is 10.2 Å². The van der Waals surface area contributed by atoms with Gasteiger partial charge in [-0.25, -0.2) is 9.67 Å². The number of para-hydroxylation sites is 1. The predicted molar refractivity (Wildman–Crippen MR) is 105 cm³/mol. The van der Waals surface area contributed by atoms with E-state index < -0.39 is 0 Å². The molecule has 1 saturated heterocycles. The van der Waals surface area contributed by atoms with Gasteiger partial charge in [0.15, 0.2) is 5.13 Å². The highest BCUT2D eigenvalue weighted by atomic mass is 32.1. The number of piperazine rings is 1. The van der Waals surface area contributed by atoms with Gasteiger partial charge < -0.3 is 14.5 Å². The van der Waals surface area contributed by atoms with Crippen LogP contribution in [0.1, 0.15) is 25.2 Å². The van der Waals surface area contributed by atoms with Crippen LogP contribution < -0.4 is 9.80 Å². The van der Waals surface area contributed by atoms with Crippen molar-refractivity contribution in [3.8, 4) is 0 Å². The molecule has 27 heavy (non-hydrogen) atoms. The Kier molecular flexibility index (Phi) is 5.61. The molecule has 1 fully saturated rings. The molecule has 0 saturated carbocycles. The Labute approximate surface area is 162 Å². The Balaban J connectivity index is 1.43. The zero-order valence-corrected chi connectivity index (χ0v) is 16.7. The number of hydrogen-bond donors (Lipinski definition) is 1. The van der Waals surface area contributed by atoms with Crippen molar-refractivity contribution < 1.29 is 9.64 Å². The number of hydrogen-bond acceptors (Lipinski definition) is 7. The zero-order valence-electron chi connectivity index (χ0n) is 15.8. The van der Waals surface area contributed by atoms with Gasteiger partial charge in [-0.05, 0) is 22.6 Å². The molecule has 0 amide bonds. The minimum absolute atomic E-state index is 0.314. The van der Waals surface area contributed by atoms with E-state index in [4.69, 9.17) is 9.72 Å². The van der Waals surface area contributed by atoms with Crippen LogP contribution in [0.5, 0.6) is 0 Å². The smallest absolute Gasteiger partial charge is 0.209 e. The van der Waals surface area contributed by atoms with Crippen LogP contribution in [0.4, 0.5) is 5.13 Å². The van der Waals surface area contributed by atoms with Gasteiger partial charge in [0.25, 0.3) is 0 Å². The van der Waals surface area contributed by atoms with Crippen molar-refractivity contribution in [1.29, 1.82) is 0 Å². The maximum atomic E-state index is 5.18. The van der Waals surface area contributed by atoms with Gasteiger partial charge in [0.1, 0.15) is 6.04 Å². The first-order valence-electron chi connectivity index (χ1n) is 9.50. The standard InChI is InChI=1S/C18H25N7OS/c1-3-15(17-20-21-22-25(17)12-13-26-2)23-8-10-24(11-9-23)18-19-14-6-4-5-7-16(14)27-18/h4-7,15H,3,8-13H2,1-2H3/p+1/t15-/m0/s1. The van der Waals surface area contributed by atoms with E-state index in [2.05, 4.69) is 45.5 Å². The van der Waals surface area contributed by atoms with Crippen molar-refractivity contribution in [3.05, 3.63) is 30.1 Å². The summed E-state index contributed by atoms with van der Waals surface area (Å²) in [5, 5.41) is 13.5. The highest BCUT2D eigenvalue weighted by molar-refractivity contribution is 7.22. The van der Waals surface area contributed by atoms with Crippen LogP contribution in [-0.4, -0.2) is 65.1 Å². The van der Waals surface area contributed by atoms with Gasteiger partial charge in [0.2, 0.25) is 5.82 Å². The average Bonchev–Trinajstić information content (AvgIpc) is 3.34. The molecule has 1 N–H and O–H groups in total. The number of fused-ring (bicyclic) bond motifs is 1. The minimum atomic E-state index is 0.314. The van der Waals surface area contributed by atoms with Crippen molar-refractivity contribution in [3.63, 3.8) is 0 Å². The number of anilines is 1. The van der Waals surface area contributed by atoms with Gasteiger partial charge in [-0.1, -0.05) is 30.4 Å². The highest BCUT2D eigenvalue weighted by Crippen LogP contribution is 2.28. The molecule has 1 atom stereocenters. The summed E-state index contributed by atoms with van der Waals surface area (Å²) >= 11 is 1.78. The molecule has 0 unspecified atom stereocenters. The zero-order chi connectivity index (χ0) is 18.6. The number of benzene rings is 1. The Morgan fingerprint density at radius 2 is 2.07 bits per heavy atom. The lowest BCUT2D eigenvalue weighted by Gasteiger charge is -2.35. The van der Waals surface area contributed by atoms with E-state index in [1.165, 1.54) is 4.70 Å². The van der Waals surface area contributed by atoms with Gasteiger partial charge in [0, 0.05) is 13.5 Å². The lowest BCUT2D eigenvalue weighted by molar-refractivity contribution is -0.933. The molecule has 0 aliphatic carbocycles. The van der Waals surface area contributed by atoms with Gasteiger partial charge in [-0.3, -0.25) is 0 Å². The average molecular weight is 389 g/mol. The van der Waals surface area contributed by atoms with Crippen molar-refractivity contribution in [2.75, 3.05) is 44.8 Å². The highest BCUT2D eigenvalue weighted by Gasteiger charge is 2.32. The molecule has 0 bridgehead atoms. The number of quaternary nitrogens is 1. The Morgan fingerprint density at radius 1 is 1.26 bits per heavy atom. The number of nitrogens with one attached hydrogen (secondary N) is 1. The lowest BCUT2D eigenvalue weighted by atomic mass is 10.1. The molecule has 0 spiro atoms. The van der Waals surface area contributed by atoms with Crippen LogP contribution in [0.15, 0.2) is 24.3 Å². The molecule has 1 aliphatic heterocycles. The van der Waals surface area contributed by atoms with E-state index in [-0.39, 0.29) is 0 Å². The number of methoxy groups -OCH3 is 1. The first-order chi connectivity index (χ1) is 13.3. The molecule has 8 nitrogen and oxygen atoms in total. The maximum absolute atomic E-state index is 5.18. The summed E-state index contributed by atoms with van der Waals surface area (Å²) in [5.41, 5.74) is 1.09. The van der Waals surface area contributed by atoms with E-state index in [0.29, 0.717) is 19.2 Å². The number of rotatable bonds is 7. The molecule has 144 valence electrons. The van der Waals surface area contributed by atoms with Gasteiger partial charge >= 0.3 is 0 Å². The molecule has 3 aromatic rings. The molecule has 9 heteroatoms. The van der Waals surface area contributed by atoms with Crippen LogP contribution in [0, 0.1) is 0 Å². The summed E-state index contributed by atoms with van der Waals surface area (Å²) in [6, 6.07) is 8.67. The fourth-order valence-electron chi connectivity index (χ4n) is 3.78. The largest absolute Gasteiger partial charge is 0.383 e. The number of aromatic nitrogens is 5. The number of tetrazole rings is 1. The number of nitrogens with zero attached hydrogens (tertiary/aromatic N) is 6. The molecule has 1 aromatic carbocycles. The lowest BCUT2D eigenvalue weighted by Crippen LogP contribution is -3.15. The van der Waals surface area contributed by atoms with E-state index in [1.54, 1.807) is 23.3 Å². The quantitative estimate of drug-likeness (QED) is 0.645. The summed E-state index contributed by atoms with van der Waals surface area (Å²) in [6.07, 6.45) is 1.02. The third kappa shape index (κ3) is 3.80. The molecule has 3 heterocycles. The van der Waals surface area contributed by atoms with E-state index in [0.717, 1.165) is 49.1 Å². The first kappa shape index (κ1) is 18.3. The fraction of sp³-hybridized carbons (Fsp3) is 0.556. The minimum Gasteiger partial charge on any atom is -0.383 e. The van der Waals surface area contributed by atoms with Crippen LogP contribution >= 0.6 is 11.3 Å². The van der Waals surface area contributed by atoms with Gasteiger partial charge in [-0.15, -0.1) is 5.10 Å². The molecule has 0 radical (unpaired) electrons. The van der Waals surface area contributed by atoms with Gasteiger partial charge in [0.05, 0.1) is 49.5 Å². The molecular formula is C18H26N7OS+. The Bertz CT molecular complexity index is 838. The SMILES string of the molecule is CC[C@@H](c1nnnn1CCOC)[NH+]1CCN(c2nc3ccccc3s2)CC1. The van der Waals surface area contributed by atoms with Crippen molar-refractivity contribution in [1.82, 2.24) is 25.2 Å². The van der Waals surface area contributed by atoms with E-state index >= 15 is 0 Å². The second-order valence-electron chi connectivity index (χ2n) is 6.82. The second kappa shape index (κ2) is 8.28. The molecule has 1 aliphatic rings.